The highest BCUT2D eigenvalue weighted by atomic mass is 16.5. The van der Waals surface area contributed by atoms with Gasteiger partial charge in [-0.05, 0) is 43.3 Å². The first-order chi connectivity index (χ1) is 15.8. The lowest BCUT2D eigenvalue weighted by Crippen LogP contribution is -2.30. The average molecular weight is 445 g/mol. The van der Waals surface area contributed by atoms with E-state index in [0.717, 1.165) is 0 Å². The van der Waals surface area contributed by atoms with Crippen LogP contribution >= 0.6 is 0 Å². The molecule has 0 aromatic heterocycles. The predicted molar refractivity (Wildman–Crippen MR) is 118 cm³/mol. The number of anilines is 1. The smallest absolute Gasteiger partial charge is 0.342 e. The highest BCUT2D eigenvalue weighted by molar-refractivity contribution is 6.28. The number of ketones is 2. The number of aromatic hydroxyl groups is 1. The Balaban J connectivity index is 1.50. The van der Waals surface area contributed by atoms with Crippen molar-refractivity contribution in [1.29, 1.82) is 0 Å². The third kappa shape index (κ3) is 4.06. The maximum Gasteiger partial charge on any atom is 0.342 e. The predicted octanol–water partition coefficient (Wildman–Crippen LogP) is 3.36. The lowest BCUT2D eigenvalue weighted by atomic mass is 9.84. The Labute approximate surface area is 188 Å². The first-order valence-corrected chi connectivity index (χ1v) is 10.0. The van der Waals surface area contributed by atoms with Crippen LogP contribution in [0, 0.1) is 0 Å². The molecule has 33 heavy (non-hydrogen) atoms. The van der Waals surface area contributed by atoms with Crippen LogP contribution in [0.15, 0.2) is 60.7 Å². The van der Waals surface area contributed by atoms with E-state index in [2.05, 4.69) is 5.32 Å². The number of phenols is 1. The summed E-state index contributed by atoms with van der Waals surface area (Å²) in [5.74, 6) is -2.11. The zero-order valence-corrected chi connectivity index (χ0v) is 17.7. The Morgan fingerprint density at radius 1 is 0.879 bits per heavy atom. The summed E-state index contributed by atoms with van der Waals surface area (Å²) in [4.78, 5) is 50.5. The first-order valence-electron chi connectivity index (χ1n) is 10.0. The minimum absolute atomic E-state index is 0.148. The zero-order valence-electron chi connectivity index (χ0n) is 17.7. The molecule has 0 bridgehead atoms. The van der Waals surface area contributed by atoms with Gasteiger partial charge in [-0.15, -0.1) is 0 Å². The summed E-state index contributed by atoms with van der Waals surface area (Å²) in [6.07, 6.45) is -1.21. The van der Waals surface area contributed by atoms with Crippen LogP contribution < -0.4 is 10.1 Å². The molecule has 166 valence electrons. The van der Waals surface area contributed by atoms with Crippen LogP contribution in [0.2, 0.25) is 0 Å². The summed E-state index contributed by atoms with van der Waals surface area (Å²) in [6, 6.07) is 15.0. The Hall–Kier alpha value is -4.46. The number of hydrogen-bond donors (Lipinski definition) is 2. The normalized spacial score (nSPS) is 12.9. The number of hydrogen-bond acceptors (Lipinski definition) is 7. The van der Waals surface area contributed by atoms with Gasteiger partial charge in [0.05, 0.1) is 7.11 Å². The molecule has 0 fully saturated rings. The summed E-state index contributed by atoms with van der Waals surface area (Å²) in [5.41, 5.74) is 1.20. The van der Waals surface area contributed by atoms with Gasteiger partial charge in [0.1, 0.15) is 17.1 Å². The molecule has 0 saturated carbocycles. The van der Waals surface area contributed by atoms with E-state index in [9.17, 15) is 24.3 Å². The van der Waals surface area contributed by atoms with Gasteiger partial charge in [0.25, 0.3) is 5.91 Å². The van der Waals surface area contributed by atoms with E-state index in [4.69, 9.17) is 9.47 Å². The third-order valence-electron chi connectivity index (χ3n) is 5.27. The quantitative estimate of drug-likeness (QED) is 0.452. The molecule has 8 heteroatoms. The van der Waals surface area contributed by atoms with Crippen molar-refractivity contribution < 1.29 is 33.8 Å². The Bertz CT molecular complexity index is 1310. The number of methoxy groups -OCH3 is 1. The van der Waals surface area contributed by atoms with Crippen LogP contribution in [0.1, 0.15) is 49.1 Å². The lowest BCUT2D eigenvalue weighted by Gasteiger charge is -2.19. The number of carbonyl (C=O) groups excluding carboxylic acids is 4. The molecule has 0 spiro atoms. The van der Waals surface area contributed by atoms with Crippen LogP contribution in [-0.2, 0) is 9.53 Å². The van der Waals surface area contributed by atoms with Gasteiger partial charge in [-0.3, -0.25) is 14.4 Å². The highest BCUT2D eigenvalue weighted by Crippen LogP contribution is 2.29. The van der Waals surface area contributed by atoms with E-state index in [-0.39, 0.29) is 39.7 Å². The maximum atomic E-state index is 12.8. The molecule has 0 heterocycles. The van der Waals surface area contributed by atoms with Gasteiger partial charge < -0.3 is 19.9 Å². The van der Waals surface area contributed by atoms with Crippen molar-refractivity contribution >= 4 is 29.1 Å². The van der Waals surface area contributed by atoms with E-state index in [1.807, 2.05) is 0 Å². The molecular weight excluding hydrogens is 426 g/mol. The fraction of sp³-hybridized carbons (Fsp3) is 0.120. The molecule has 3 aromatic rings. The molecule has 1 atom stereocenters. The van der Waals surface area contributed by atoms with Gasteiger partial charge in [-0.1, -0.05) is 24.3 Å². The zero-order chi connectivity index (χ0) is 23.7. The van der Waals surface area contributed by atoms with Crippen LogP contribution in [0.5, 0.6) is 11.5 Å². The Morgan fingerprint density at radius 2 is 1.52 bits per heavy atom. The van der Waals surface area contributed by atoms with Gasteiger partial charge >= 0.3 is 5.97 Å². The molecule has 1 aliphatic carbocycles. The molecule has 0 radical (unpaired) electrons. The first kappa shape index (κ1) is 21.8. The second-order valence-electron chi connectivity index (χ2n) is 7.38. The fourth-order valence-electron chi connectivity index (χ4n) is 3.50. The summed E-state index contributed by atoms with van der Waals surface area (Å²) in [7, 11) is 1.41. The number of amides is 1. The number of carbonyl (C=O) groups is 4. The van der Waals surface area contributed by atoms with Gasteiger partial charge in [-0.25, -0.2) is 4.79 Å². The standard InChI is InChI=1S/C25H19NO7/c1-13(33-25(31)20-12-15(32-2)8-10-21(20)27)24(30)26-14-7-9-18-19(11-14)23(29)17-6-4-3-5-16(17)22(18)28/h3-13,27H,1-2H3,(H,26,30). The largest absolute Gasteiger partial charge is 0.507 e. The highest BCUT2D eigenvalue weighted by Gasteiger charge is 2.30. The number of fused-ring (bicyclic) bond motifs is 2. The monoisotopic (exact) mass is 445 g/mol. The number of ether oxygens (including phenoxy) is 2. The molecular formula is C25H19NO7. The second-order valence-corrected chi connectivity index (χ2v) is 7.38. The van der Waals surface area contributed by atoms with Crippen molar-refractivity contribution in [3.63, 3.8) is 0 Å². The van der Waals surface area contributed by atoms with Crippen LogP contribution in [-0.4, -0.2) is 41.8 Å². The molecule has 1 unspecified atom stereocenters. The maximum absolute atomic E-state index is 12.8. The van der Waals surface area contributed by atoms with Crippen molar-refractivity contribution in [3.8, 4) is 11.5 Å². The molecule has 0 aliphatic heterocycles. The number of rotatable bonds is 5. The van der Waals surface area contributed by atoms with E-state index in [1.165, 1.54) is 50.4 Å². The van der Waals surface area contributed by atoms with Gasteiger partial charge in [0.2, 0.25) is 0 Å². The Morgan fingerprint density at radius 3 is 2.18 bits per heavy atom. The molecule has 1 amide bonds. The SMILES string of the molecule is COc1ccc(O)c(C(=O)OC(C)C(=O)Nc2ccc3c(c2)C(=O)c2ccccc2C3=O)c1. The van der Waals surface area contributed by atoms with Crippen molar-refractivity contribution in [1.82, 2.24) is 0 Å². The van der Waals surface area contributed by atoms with E-state index in [0.29, 0.717) is 16.9 Å². The Kier molecular flexibility index (Phi) is 5.66. The summed E-state index contributed by atoms with van der Waals surface area (Å²) < 4.78 is 10.2. The van der Waals surface area contributed by atoms with Gasteiger partial charge in [0, 0.05) is 27.9 Å². The van der Waals surface area contributed by atoms with Crippen LogP contribution in [0.4, 0.5) is 5.69 Å². The number of benzene rings is 3. The van der Waals surface area contributed by atoms with Gasteiger partial charge in [-0.2, -0.15) is 0 Å². The van der Waals surface area contributed by atoms with Crippen molar-refractivity contribution in [3.05, 3.63) is 88.5 Å². The number of esters is 1. The fourth-order valence-corrected chi connectivity index (χ4v) is 3.50. The molecule has 4 rings (SSSR count). The molecule has 0 saturated heterocycles. The number of phenolic OH excluding ortho intramolecular Hbond substituents is 1. The van der Waals surface area contributed by atoms with E-state index >= 15 is 0 Å². The average Bonchev–Trinajstić information content (AvgIpc) is 2.82. The lowest BCUT2D eigenvalue weighted by molar-refractivity contribution is -0.123. The summed E-state index contributed by atoms with van der Waals surface area (Å²) in [5, 5.41) is 12.5. The van der Waals surface area contributed by atoms with Crippen molar-refractivity contribution in [2.75, 3.05) is 12.4 Å². The minimum Gasteiger partial charge on any atom is -0.507 e. The molecule has 1 aliphatic rings. The van der Waals surface area contributed by atoms with Crippen LogP contribution in [0.25, 0.3) is 0 Å². The third-order valence-corrected chi connectivity index (χ3v) is 5.27. The van der Waals surface area contributed by atoms with Crippen LogP contribution in [0.3, 0.4) is 0 Å². The van der Waals surface area contributed by atoms with E-state index in [1.54, 1.807) is 24.3 Å². The van der Waals surface area contributed by atoms with Crippen molar-refractivity contribution in [2.24, 2.45) is 0 Å². The van der Waals surface area contributed by atoms with Crippen molar-refractivity contribution in [2.45, 2.75) is 13.0 Å². The topological polar surface area (TPSA) is 119 Å². The second kappa shape index (κ2) is 8.58. The summed E-state index contributed by atoms with van der Waals surface area (Å²) in [6.45, 7) is 1.37. The number of nitrogens with one attached hydrogen (secondary N) is 1. The summed E-state index contributed by atoms with van der Waals surface area (Å²) >= 11 is 0. The molecule has 8 nitrogen and oxygen atoms in total. The van der Waals surface area contributed by atoms with E-state index < -0.39 is 18.0 Å². The minimum atomic E-state index is -1.21. The van der Waals surface area contributed by atoms with Gasteiger partial charge in [0.15, 0.2) is 17.7 Å². The molecule has 3 aromatic carbocycles. The molecule has 2 N–H and O–H groups in total.